The number of nitrogens with zero attached hydrogens (tertiary/aromatic N) is 1. The Morgan fingerprint density at radius 3 is 2.32 bits per heavy atom. The third kappa shape index (κ3) is 6.75. The lowest BCUT2D eigenvalue weighted by Gasteiger charge is -2.31. The van der Waals surface area contributed by atoms with Crippen molar-refractivity contribution in [3.05, 3.63) is 99.0 Å². The predicted molar refractivity (Wildman–Crippen MR) is 136 cm³/mol. The van der Waals surface area contributed by atoms with Crippen LogP contribution in [0.3, 0.4) is 0 Å². The molecule has 0 aliphatic heterocycles. The molecule has 0 aliphatic carbocycles. The average molecular weight is 499 g/mol. The summed E-state index contributed by atoms with van der Waals surface area (Å²) in [4.78, 5) is 27.9. The minimum Gasteiger partial charge on any atom is -0.483 e. The zero-order valence-corrected chi connectivity index (χ0v) is 21.0. The van der Waals surface area contributed by atoms with Crippen LogP contribution in [0, 0.1) is 13.8 Å². The van der Waals surface area contributed by atoms with Crippen LogP contribution in [0.2, 0.25) is 10.0 Å². The Balaban J connectivity index is 1.90. The van der Waals surface area contributed by atoms with E-state index in [1.165, 1.54) is 4.90 Å². The normalized spacial score (nSPS) is 11.6. The molecule has 7 heteroatoms. The van der Waals surface area contributed by atoms with Gasteiger partial charge in [0.2, 0.25) is 5.91 Å². The Labute approximate surface area is 210 Å². The van der Waals surface area contributed by atoms with Crippen LogP contribution >= 0.6 is 23.2 Å². The van der Waals surface area contributed by atoms with Crippen molar-refractivity contribution in [1.82, 2.24) is 10.2 Å². The number of aryl methyl sites for hydroxylation is 2. The molecule has 0 saturated heterocycles. The molecular formula is C27H28Cl2N2O3. The zero-order valence-electron chi connectivity index (χ0n) is 19.5. The molecule has 0 heterocycles. The van der Waals surface area contributed by atoms with Crippen LogP contribution < -0.4 is 10.1 Å². The SMILES string of the molecule is CNC(=O)C(Cc1ccccc1)N(Cc1ccc(Cl)c(Cl)c1)C(=O)COc1ccc(C)cc1C. The van der Waals surface area contributed by atoms with Crippen LogP contribution in [0.25, 0.3) is 0 Å². The number of ether oxygens (including phenoxy) is 1. The molecule has 0 aliphatic rings. The lowest BCUT2D eigenvalue weighted by molar-refractivity contribution is -0.142. The summed E-state index contributed by atoms with van der Waals surface area (Å²) in [5, 5.41) is 3.51. The van der Waals surface area contributed by atoms with E-state index in [4.69, 9.17) is 27.9 Å². The number of hydrogen-bond donors (Lipinski definition) is 1. The minimum absolute atomic E-state index is 0.177. The van der Waals surface area contributed by atoms with Crippen molar-refractivity contribution in [3.63, 3.8) is 0 Å². The van der Waals surface area contributed by atoms with E-state index < -0.39 is 6.04 Å². The van der Waals surface area contributed by atoms with Crippen molar-refractivity contribution >= 4 is 35.0 Å². The van der Waals surface area contributed by atoms with Gasteiger partial charge in [-0.3, -0.25) is 9.59 Å². The highest BCUT2D eigenvalue weighted by atomic mass is 35.5. The second-order valence-corrected chi connectivity index (χ2v) is 8.96. The maximum absolute atomic E-state index is 13.5. The van der Waals surface area contributed by atoms with Crippen LogP contribution in [0.1, 0.15) is 22.3 Å². The topological polar surface area (TPSA) is 58.6 Å². The van der Waals surface area contributed by atoms with Crippen LogP contribution in [0.15, 0.2) is 66.7 Å². The highest BCUT2D eigenvalue weighted by molar-refractivity contribution is 6.42. The van der Waals surface area contributed by atoms with E-state index in [9.17, 15) is 9.59 Å². The lowest BCUT2D eigenvalue weighted by Crippen LogP contribution is -2.51. The van der Waals surface area contributed by atoms with Crippen molar-refractivity contribution in [1.29, 1.82) is 0 Å². The van der Waals surface area contributed by atoms with Gasteiger partial charge in [0.05, 0.1) is 10.0 Å². The number of carbonyl (C=O) groups excluding carboxylic acids is 2. The fourth-order valence-electron chi connectivity index (χ4n) is 3.74. The molecule has 2 amide bonds. The summed E-state index contributed by atoms with van der Waals surface area (Å²) in [5.74, 6) is 0.0624. The van der Waals surface area contributed by atoms with E-state index in [1.54, 1.807) is 25.2 Å². The fraction of sp³-hybridized carbons (Fsp3) is 0.259. The predicted octanol–water partition coefficient (Wildman–Crippen LogP) is 5.38. The number of amides is 2. The van der Waals surface area contributed by atoms with Gasteiger partial charge in [-0.2, -0.15) is 0 Å². The average Bonchev–Trinajstić information content (AvgIpc) is 2.83. The van der Waals surface area contributed by atoms with Crippen LogP contribution in [-0.2, 0) is 22.6 Å². The number of benzene rings is 3. The van der Waals surface area contributed by atoms with Gasteiger partial charge in [-0.15, -0.1) is 0 Å². The quantitative estimate of drug-likeness (QED) is 0.431. The minimum atomic E-state index is -0.739. The van der Waals surface area contributed by atoms with Gasteiger partial charge in [0, 0.05) is 20.0 Å². The Morgan fingerprint density at radius 2 is 1.68 bits per heavy atom. The molecule has 0 radical (unpaired) electrons. The molecule has 3 rings (SSSR count). The monoisotopic (exact) mass is 498 g/mol. The molecule has 3 aromatic rings. The molecule has 5 nitrogen and oxygen atoms in total. The first-order valence-corrected chi connectivity index (χ1v) is 11.7. The zero-order chi connectivity index (χ0) is 24.7. The number of hydrogen-bond acceptors (Lipinski definition) is 3. The van der Waals surface area contributed by atoms with Crippen molar-refractivity contribution in [2.75, 3.05) is 13.7 Å². The number of nitrogens with one attached hydrogen (secondary N) is 1. The van der Waals surface area contributed by atoms with E-state index in [0.717, 1.165) is 22.3 Å². The first kappa shape index (κ1) is 25.6. The maximum atomic E-state index is 13.5. The number of carbonyl (C=O) groups is 2. The molecule has 178 valence electrons. The summed E-state index contributed by atoms with van der Waals surface area (Å²) in [6, 6.07) is 19.8. The Morgan fingerprint density at radius 1 is 0.941 bits per heavy atom. The van der Waals surface area contributed by atoms with Gasteiger partial charge in [-0.1, -0.05) is 77.3 Å². The van der Waals surface area contributed by atoms with Crippen molar-refractivity contribution in [2.24, 2.45) is 0 Å². The smallest absolute Gasteiger partial charge is 0.261 e. The van der Waals surface area contributed by atoms with E-state index >= 15 is 0 Å². The number of halogens is 2. The summed E-state index contributed by atoms with van der Waals surface area (Å²) >= 11 is 12.3. The molecule has 0 bridgehead atoms. The third-order valence-electron chi connectivity index (χ3n) is 5.54. The van der Waals surface area contributed by atoms with Gasteiger partial charge in [-0.25, -0.2) is 0 Å². The molecule has 1 unspecified atom stereocenters. The molecule has 0 saturated carbocycles. The maximum Gasteiger partial charge on any atom is 0.261 e. The van der Waals surface area contributed by atoms with E-state index in [1.807, 2.05) is 62.4 Å². The number of rotatable bonds is 9. The Hall–Kier alpha value is -3.02. The standard InChI is InChI=1S/C27H28Cl2N2O3/c1-18-9-12-25(19(2)13-18)34-17-26(32)31(16-21-10-11-22(28)23(29)14-21)24(27(33)30-3)15-20-7-5-4-6-8-20/h4-14,24H,15-17H2,1-3H3,(H,30,33). The second-order valence-electron chi connectivity index (χ2n) is 8.15. The third-order valence-corrected chi connectivity index (χ3v) is 6.28. The summed E-state index contributed by atoms with van der Waals surface area (Å²) < 4.78 is 5.86. The Kier molecular flexibility index (Phi) is 8.97. The van der Waals surface area contributed by atoms with Crippen molar-refractivity contribution < 1.29 is 14.3 Å². The number of likely N-dealkylation sites (N-methyl/N-ethyl adjacent to an activating group) is 1. The summed E-state index contributed by atoms with van der Waals surface area (Å²) in [6.45, 7) is 3.91. The molecule has 1 atom stereocenters. The van der Waals surface area contributed by atoms with Gasteiger partial charge in [0.25, 0.3) is 5.91 Å². The summed E-state index contributed by atoms with van der Waals surface area (Å²) in [7, 11) is 1.56. The van der Waals surface area contributed by atoms with Gasteiger partial charge < -0.3 is 15.0 Å². The van der Waals surface area contributed by atoms with Crippen LogP contribution in [0.5, 0.6) is 5.75 Å². The van der Waals surface area contributed by atoms with Crippen LogP contribution in [0.4, 0.5) is 0 Å². The summed E-state index contributed by atoms with van der Waals surface area (Å²) in [6.07, 6.45) is 0.358. The van der Waals surface area contributed by atoms with E-state index in [2.05, 4.69) is 5.32 Å². The molecule has 0 aromatic heterocycles. The van der Waals surface area contributed by atoms with E-state index in [-0.39, 0.29) is 25.0 Å². The van der Waals surface area contributed by atoms with Gasteiger partial charge in [0.15, 0.2) is 6.61 Å². The molecule has 0 fully saturated rings. The molecule has 1 N–H and O–H groups in total. The molecule has 3 aromatic carbocycles. The van der Waals surface area contributed by atoms with Crippen LogP contribution in [-0.4, -0.2) is 36.4 Å². The highest BCUT2D eigenvalue weighted by Gasteiger charge is 2.30. The van der Waals surface area contributed by atoms with Crippen molar-refractivity contribution in [2.45, 2.75) is 32.9 Å². The molecule has 0 spiro atoms. The molecular weight excluding hydrogens is 471 g/mol. The first-order valence-electron chi connectivity index (χ1n) is 11.0. The highest BCUT2D eigenvalue weighted by Crippen LogP contribution is 2.25. The molecule has 34 heavy (non-hydrogen) atoms. The second kappa shape index (κ2) is 11.9. The lowest BCUT2D eigenvalue weighted by atomic mass is 10.0. The van der Waals surface area contributed by atoms with Gasteiger partial charge in [0.1, 0.15) is 11.8 Å². The Bertz CT molecular complexity index is 1150. The first-order chi connectivity index (χ1) is 16.3. The fourth-order valence-corrected chi connectivity index (χ4v) is 4.06. The summed E-state index contributed by atoms with van der Waals surface area (Å²) in [5.41, 5.74) is 3.76. The van der Waals surface area contributed by atoms with Gasteiger partial charge in [-0.05, 0) is 48.7 Å². The largest absolute Gasteiger partial charge is 0.483 e. The van der Waals surface area contributed by atoms with E-state index in [0.29, 0.717) is 22.2 Å². The van der Waals surface area contributed by atoms with Crippen molar-refractivity contribution in [3.8, 4) is 5.75 Å². The van der Waals surface area contributed by atoms with Gasteiger partial charge >= 0.3 is 0 Å².